The van der Waals surface area contributed by atoms with E-state index < -0.39 is 5.97 Å². The lowest BCUT2D eigenvalue weighted by Gasteiger charge is -2.11. The fraction of sp³-hybridized carbons (Fsp3) is 0.267. The molecule has 2 aromatic carbocycles. The molecule has 4 nitrogen and oxygen atoms in total. The normalized spacial score (nSPS) is 10.6. The summed E-state index contributed by atoms with van der Waals surface area (Å²) >= 11 is 0. The van der Waals surface area contributed by atoms with E-state index in [0.717, 1.165) is 16.5 Å². The van der Waals surface area contributed by atoms with Crippen molar-refractivity contribution < 1.29 is 14.6 Å². The second kappa shape index (κ2) is 6.20. The number of hydrogen-bond donors (Lipinski definition) is 2. The fourth-order valence-corrected chi connectivity index (χ4v) is 2.04. The molecular weight excluding hydrogens is 242 g/mol. The minimum Gasteiger partial charge on any atom is -0.478 e. The molecule has 2 N–H and O–H groups in total. The summed E-state index contributed by atoms with van der Waals surface area (Å²) in [4.78, 5) is 11.2. The van der Waals surface area contributed by atoms with E-state index in [0.29, 0.717) is 25.3 Å². The molecule has 19 heavy (non-hydrogen) atoms. The van der Waals surface area contributed by atoms with E-state index in [9.17, 15) is 9.90 Å². The van der Waals surface area contributed by atoms with Crippen molar-refractivity contribution in [3.05, 3.63) is 42.0 Å². The van der Waals surface area contributed by atoms with Crippen LogP contribution in [0.25, 0.3) is 10.8 Å². The molecule has 0 aromatic heterocycles. The second-order valence-corrected chi connectivity index (χ2v) is 4.14. The molecule has 0 saturated heterocycles. The van der Waals surface area contributed by atoms with Crippen LogP contribution < -0.4 is 5.32 Å². The Kier molecular flexibility index (Phi) is 4.36. The van der Waals surface area contributed by atoms with Crippen molar-refractivity contribution in [2.75, 3.05) is 25.1 Å². The number of aromatic carboxylic acids is 1. The summed E-state index contributed by atoms with van der Waals surface area (Å²) in [5.74, 6) is -0.905. The monoisotopic (exact) mass is 259 g/mol. The van der Waals surface area contributed by atoms with Crippen molar-refractivity contribution in [1.29, 1.82) is 0 Å². The molecule has 0 atom stereocenters. The minimum atomic E-state index is -0.905. The highest BCUT2D eigenvalue weighted by Crippen LogP contribution is 2.26. The molecule has 0 aliphatic heterocycles. The quantitative estimate of drug-likeness (QED) is 0.783. The van der Waals surface area contributed by atoms with E-state index in [2.05, 4.69) is 5.32 Å². The Morgan fingerprint density at radius 2 is 1.95 bits per heavy atom. The van der Waals surface area contributed by atoms with Crippen LogP contribution in [-0.4, -0.2) is 30.8 Å². The van der Waals surface area contributed by atoms with Gasteiger partial charge in [0.25, 0.3) is 0 Å². The third-order valence-electron chi connectivity index (χ3n) is 2.92. The van der Waals surface area contributed by atoms with E-state index >= 15 is 0 Å². The van der Waals surface area contributed by atoms with Gasteiger partial charge in [-0.25, -0.2) is 4.79 Å². The third-order valence-corrected chi connectivity index (χ3v) is 2.92. The average Bonchev–Trinajstić information content (AvgIpc) is 2.43. The highest BCUT2D eigenvalue weighted by atomic mass is 16.5. The van der Waals surface area contributed by atoms with Crippen LogP contribution >= 0.6 is 0 Å². The lowest BCUT2D eigenvalue weighted by molar-refractivity contribution is 0.0699. The molecule has 0 unspecified atom stereocenters. The standard InChI is InChI=1S/C15H17NO3/c1-2-19-10-9-16-14-8-7-13(15(17)18)11-5-3-4-6-12(11)14/h3-8,16H,2,9-10H2,1H3,(H,17,18). The van der Waals surface area contributed by atoms with Crippen LogP contribution in [0.4, 0.5) is 5.69 Å². The number of nitrogens with one attached hydrogen (secondary N) is 1. The minimum absolute atomic E-state index is 0.325. The van der Waals surface area contributed by atoms with Gasteiger partial charge in [0.1, 0.15) is 0 Å². The van der Waals surface area contributed by atoms with Crippen LogP contribution in [0.3, 0.4) is 0 Å². The van der Waals surface area contributed by atoms with Crippen molar-refractivity contribution in [3.63, 3.8) is 0 Å². The molecule has 2 aromatic rings. The number of rotatable bonds is 6. The molecule has 4 heteroatoms. The summed E-state index contributed by atoms with van der Waals surface area (Å²) in [5.41, 5.74) is 1.26. The van der Waals surface area contributed by atoms with Gasteiger partial charge in [0, 0.05) is 24.2 Å². The first-order chi connectivity index (χ1) is 9.24. The van der Waals surface area contributed by atoms with Gasteiger partial charge in [0.15, 0.2) is 0 Å². The van der Waals surface area contributed by atoms with Gasteiger partial charge in [-0.2, -0.15) is 0 Å². The molecule has 0 amide bonds. The van der Waals surface area contributed by atoms with Crippen molar-refractivity contribution in [2.45, 2.75) is 6.92 Å². The van der Waals surface area contributed by atoms with Crippen molar-refractivity contribution >= 4 is 22.4 Å². The summed E-state index contributed by atoms with van der Waals surface area (Å²) in [5, 5.41) is 14.1. The Bertz CT molecular complexity index is 581. The fourth-order valence-electron chi connectivity index (χ4n) is 2.04. The number of carbonyl (C=O) groups is 1. The number of hydrogen-bond acceptors (Lipinski definition) is 3. The van der Waals surface area contributed by atoms with Crippen molar-refractivity contribution in [2.24, 2.45) is 0 Å². The first kappa shape index (κ1) is 13.4. The average molecular weight is 259 g/mol. The van der Waals surface area contributed by atoms with Crippen LogP contribution in [0.15, 0.2) is 36.4 Å². The predicted octanol–water partition coefficient (Wildman–Crippen LogP) is 2.99. The third kappa shape index (κ3) is 3.03. The largest absolute Gasteiger partial charge is 0.478 e. The number of fused-ring (bicyclic) bond motifs is 1. The Hall–Kier alpha value is -2.07. The van der Waals surface area contributed by atoms with Crippen LogP contribution in [0.5, 0.6) is 0 Å². The van der Waals surface area contributed by atoms with E-state index in [1.807, 2.05) is 31.2 Å². The van der Waals surface area contributed by atoms with Crippen LogP contribution in [0.2, 0.25) is 0 Å². The summed E-state index contributed by atoms with van der Waals surface area (Å²) in [6.45, 7) is 3.98. The maximum Gasteiger partial charge on any atom is 0.336 e. The lowest BCUT2D eigenvalue weighted by Crippen LogP contribution is -2.10. The molecular formula is C15H17NO3. The summed E-state index contributed by atoms with van der Waals surface area (Å²) in [6, 6.07) is 10.9. The first-order valence-electron chi connectivity index (χ1n) is 6.30. The van der Waals surface area contributed by atoms with E-state index in [1.165, 1.54) is 0 Å². The topological polar surface area (TPSA) is 58.6 Å². The van der Waals surface area contributed by atoms with Crippen LogP contribution in [0, 0.1) is 0 Å². The van der Waals surface area contributed by atoms with Crippen LogP contribution in [-0.2, 0) is 4.74 Å². The van der Waals surface area contributed by atoms with E-state index in [-0.39, 0.29) is 0 Å². The number of carboxylic acid groups (broad SMARTS) is 1. The maximum absolute atomic E-state index is 11.2. The first-order valence-corrected chi connectivity index (χ1v) is 6.30. The SMILES string of the molecule is CCOCCNc1ccc(C(=O)O)c2ccccc12. The Labute approximate surface area is 112 Å². The highest BCUT2D eigenvalue weighted by molar-refractivity contribution is 6.07. The van der Waals surface area contributed by atoms with Gasteiger partial charge in [0.2, 0.25) is 0 Å². The van der Waals surface area contributed by atoms with Crippen molar-refractivity contribution in [3.8, 4) is 0 Å². The molecule has 0 bridgehead atoms. The lowest BCUT2D eigenvalue weighted by atomic mass is 10.0. The Morgan fingerprint density at radius 1 is 1.21 bits per heavy atom. The Morgan fingerprint density at radius 3 is 2.63 bits per heavy atom. The molecule has 2 rings (SSSR count). The van der Waals surface area contributed by atoms with Gasteiger partial charge in [-0.15, -0.1) is 0 Å². The predicted molar refractivity (Wildman–Crippen MR) is 75.9 cm³/mol. The van der Waals surface area contributed by atoms with Gasteiger partial charge in [-0.3, -0.25) is 0 Å². The zero-order valence-corrected chi connectivity index (χ0v) is 10.8. The number of anilines is 1. The molecule has 0 aliphatic carbocycles. The van der Waals surface area contributed by atoms with Gasteiger partial charge >= 0.3 is 5.97 Å². The Balaban J connectivity index is 2.30. The molecule has 100 valence electrons. The maximum atomic E-state index is 11.2. The van der Waals surface area contributed by atoms with Gasteiger partial charge in [-0.1, -0.05) is 24.3 Å². The van der Waals surface area contributed by atoms with E-state index in [4.69, 9.17) is 4.74 Å². The molecule has 0 heterocycles. The highest BCUT2D eigenvalue weighted by Gasteiger charge is 2.10. The number of benzene rings is 2. The van der Waals surface area contributed by atoms with Crippen LogP contribution in [0.1, 0.15) is 17.3 Å². The van der Waals surface area contributed by atoms with E-state index in [1.54, 1.807) is 12.1 Å². The second-order valence-electron chi connectivity index (χ2n) is 4.14. The number of carboxylic acids is 1. The smallest absolute Gasteiger partial charge is 0.336 e. The number of ether oxygens (including phenoxy) is 1. The van der Waals surface area contributed by atoms with Crippen molar-refractivity contribution in [1.82, 2.24) is 0 Å². The molecule has 0 saturated carbocycles. The summed E-state index contributed by atoms with van der Waals surface area (Å²) in [6.07, 6.45) is 0. The molecule has 0 fully saturated rings. The molecule has 0 radical (unpaired) electrons. The molecule has 0 spiro atoms. The summed E-state index contributed by atoms with van der Waals surface area (Å²) in [7, 11) is 0. The van der Waals surface area contributed by atoms with Gasteiger partial charge in [0.05, 0.1) is 12.2 Å². The van der Waals surface area contributed by atoms with Gasteiger partial charge in [-0.05, 0) is 24.4 Å². The zero-order valence-electron chi connectivity index (χ0n) is 10.8. The van der Waals surface area contributed by atoms with Gasteiger partial charge < -0.3 is 15.2 Å². The zero-order chi connectivity index (χ0) is 13.7. The molecule has 0 aliphatic rings. The summed E-state index contributed by atoms with van der Waals surface area (Å²) < 4.78 is 5.27.